The maximum absolute atomic E-state index is 11.7. The number of anilines is 2. The molecule has 1 aromatic rings. The Kier molecular flexibility index (Phi) is 3.21. The lowest BCUT2D eigenvalue weighted by Crippen LogP contribution is -2.48. The highest BCUT2D eigenvalue weighted by molar-refractivity contribution is 8.00. The number of hydrogen-bond donors (Lipinski definition) is 3. The second-order valence-electron chi connectivity index (χ2n) is 3.40. The third-order valence-corrected chi connectivity index (χ3v) is 3.46. The minimum atomic E-state index is -0.621. The Morgan fingerprint density at radius 3 is 2.94 bits per heavy atom. The summed E-state index contributed by atoms with van der Waals surface area (Å²) in [5.74, 6) is 5.03. The van der Waals surface area contributed by atoms with E-state index in [0.717, 1.165) is 15.5 Å². The van der Waals surface area contributed by atoms with Gasteiger partial charge in [-0.1, -0.05) is 0 Å². The van der Waals surface area contributed by atoms with Gasteiger partial charge in [-0.15, -0.1) is 11.8 Å². The van der Waals surface area contributed by atoms with Gasteiger partial charge in [-0.25, -0.2) is 15.5 Å². The molecule has 2 rings (SSSR count). The summed E-state index contributed by atoms with van der Waals surface area (Å²) in [7, 11) is 1.77. The molecule has 0 radical (unpaired) electrons. The first-order chi connectivity index (χ1) is 8.17. The summed E-state index contributed by atoms with van der Waals surface area (Å²) in [5.41, 5.74) is 3.36. The van der Waals surface area contributed by atoms with Crippen LogP contribution in [0.15, 0.2) is 23.1 Å². The van der Waals surface area contributed by atoms with Gasteiger partial charge in [0.1, 0.15) is 0 Å². The number of nitrogens with one attached hydrogen (secondary N) is 2. The van der Waals surface area contributed by atoms with Crippen molar-refractivity contribution < 1.29 is 9.59 Å². The number of rotatable bonds is 1. The van der Waals surface area contributed by atoms with Crippen molar-refractivity contribution in [2.75, 3.05) is 23.0 Å². The highest BCUT2D eigenvalue weighted by Gasteiger charge is 2.29. The van der Waals surface area contributed by atoms with Gasteiger partial charge in [-0.2, -0.15) is 0 Å². The van der Waals surface area contributed by atoms with E-state index in [4.69, 9.17) is 5.84 Å². The molecular formula is C10H12N4O2S. The number of thioether (sulfide) groups is 1. The van der Waals surface area contributed by atoms with Gasteiger partial charge in [0.2, 0.25) is 5.91 Å². The van der Waals surface area contributed by atoms with E-state index < -0.39 is 6.03 Å². The summed E-state index contributed by atoms with van der Waals surface area (Å²) < 4.78 is 0. The van der Waals surface area contributed by atoms with Gasteiger partial charge in [0.25, 0.3) is 0 Å². The number of nitrogens with zero attached hydrogens (tertiary/aromatic N) is 1. The predicted octanol–water partition coefficient (Wildman–Crippen LogP) is 0.750. The Bertz CT molecular complexity index is 477. The molecule has 0 unspecified atom stereocenters. The molecule has 0 atom stereocenters. The number of fused-ring (bicyclic) bond motifs is 1. The number of urea groups is 1. The summed E-state index contributed by atoms with van der Waals surface area (Å²) in [6.07, 6.45) is 0. The smallest absolute Gasteiger partial charge is 0.342 e. The Balaban J connectivity index is 2.48. The lowest BCUT2D eigenvalue weighted by Gasteiger charge is -2.27. The van der Waals surface area contributed by atoms with Gasteiger partial charge in [-0.05, 0) is 18.2 Å². The van der Waals surface area contributed by atoms with Crippen molar-refractivity contribution >= 4 is 35.1 Å². The van der Waals surface area contributed by atoms with E-state index in [0.29, 0.717) is 5.69 Å². The number of carbonyl (C=O) groups excluding carboxylic acids is 2. The average Bonchev–Trinajstić information content (AvgIpc) is 2.37. The number of hydrogen-bond acceptors (Lipinski definition) is 5. The fraction of sp³-hybridized carbons (Fsp3) is 0.200. The van der Waals surface area contributed by atoms with E-state index in [9.17, 15) is 9.59 Å². The van der Waals surface area contributed by atoms with Crippen LogP contribution in [0.3, 0.4) is 0 Å². The molecule has 0 fully saturated rings. The van der Waals surface area contributed by atoms with Crippen LogP contribution in [-0.4, -0.2) is 24.7 Å². The van der Waals surface area contributed by atoms with E-state index in [1.54, 1.807) is 13.1 Å². The van der Waals surface area contributed by atoms with Gasteiger partial charge in [0.15, 0.2) is 0 Å². The molecule has 4 N–H and O–H groups in total. The molecule has 0 spiro atoms. The normalized spacial score (nSPS) is 14.2. The van der Waals surface area contributed by atoms with Crippen LogP contribution in [0.2, 0.25) is 0 Å². The van der Waals surface area contributed by atoms with Crippen LogP contribution in [0.1, 0.15) is 0 Å². The van der Waals surface area contributed by atoms with Crippen molar-refractivity contribution in [3.05, 3.63) is 18.2 Å². The lowest BCUT2D eigenvalue weighted by molar-refractivity contribution is -0.115. The highest BCUT2D eigenvalue weighted by Crippen LogP contribution is 2.37. The second kappa shape index (κ2) is 4.64. The van der Waals surface area contributed by atoms with E-state index >= 15 is 0 Å². The zero-order valence-electron chi connectivity index (χ0n) is 9.19. The van der Waals surface area contributed by atoms with Crippen LogP contribution >= 0.6 is 11.8 Å². The van der Waals surface area contributed by atoms with Crippen LogP contribution in [0.25, 0.3) is 0 Å². The fourth-order valence-electron chi connectivity index (χ4n) is 1.60. The van der Waals surface area contributed by atoms with Crippen LogP contribution < -0.4 is 21.5 Å². The third kappa shape index (κ3) is 2.06. The molecule has 6 nitrogen and oxygen atoms in total. The van der Waals surface area contributed by atoms with Crippen LogP contribution in [0, 0.1) is 0 Å². The molecule has 1 aliphatic rings. The van der Waals surface area contributed by atoms with Crippen molar-refractivity contribution in [2.24, 2.45) is 5.84 Å². The minimum Gasteiger partial charge on any atom is -0.388 e. The summed E-state index contributed by atoms with van der Waals surface area (Å²) in [4.78, 5) is 25.2. The molecule has 0 saturated carbocycles. The van der Waals surface area contributed by atoms with E-state index in [1.165, 1.54) is 11.8 Å². The maximum Gasteiger partial charge on any atom is 0.342 e. The van der Waals surface area contributed by atoms with Crippen molar-refractivity contribution in [1.82, 2.24) is 5.43 Å². The quantitative estimate of drug-likeness (QED) is 0.390. The Labute approximate surface area is 103 Å². The molecule has 17 heavy (non-hydrogen) atoms. The molecule has 1 heterocycles. The van der Waals surface area contributed by atoms with Crippen LogP contribution in [-0.2, 0) is 4.79 Å². The Morgan fingerprint density at radius 2 is 2.29 bits per heavy atom. The second-order valence-corrected chi connectivity index (χ2v) is 4.42. The molecule has 3 amide bonds. The summed E-state index contributed by atoms with van der Waals surface area (Å²) >= 11 is 1.41. The Hall–Kier alpha value is -1.73. The monoisotopic (exact) mass is 252 g/mol. The molecule has 7 heteroatoms. The SMILES string of the molecule is CNc1ccc2c(c1)N(C(=O)NN)C(=O)CS2. The lowest BCUT2D eigenvalue weighted by atomic mass is 10.2. The molecule has 0 aromatic heterocycles. The first kappa shape index (κ1) is 11.7. The predicted molar refractivity (Wildman–Crippen MR) is 66.9 cm³/mol. The molecule has 0 saturated heterocycles. The molecule has 1 aromatic carbocycles. The average molecular weight is 252 g/mol. The summed E-state index contributed by atoms with van der Waals surface area (Å²) in [5, 5.41) is 2.96. The third-order valence-electron chi connectivity index (χ3n) is 2.42. The summed E-state index contributed by atoms with van der Waals surface area (Å²) in [6, 6.07) is 4.88. The van der Waals surface area contributed by atoms with E-state index in [2.05, 4.69) is 5.32 Å². The number of nitrogens with two attached hydrogens (primary N) is 1. The van der Waals surface area contributed by atoms with Gasteiger partial charge in [0.05, 0.1) is 11.4 Å². The minimum absolute atomic E-state index is 0.235. The van der Waals surface area contributed by atoms with Crippen molar-refractivity contribution in [1.29, 1.82) is 0 Å². The maximum atomic E-state index is 11.7. The topological polar surface area (TPSA) is 87.5 Å². The molecule has 0 bridgehead atoms. The van der Waals surface area contributed by atoms with Gasteiger partial charge in [-0.3, -0.25) is 10.2 Å². The van der Waals surface area contributed by atoms with E-state index in [-0.39, 0.29) is 11.7 Å². The standard InChI is InChI=1S/C10H12N4O2S/c1-12-6-2-3-8-7(4-6)14(10(16)13-11)9(15)5-17-8/h2-4,12H,5,11H2,1H3,(H,13,16). The number of hydrazine groups is 1. The fourth-order valence-corrected chi connectivity index (χ4v) is 2.47. The number of benzene rings is 1. The van der Waals surface area contributed by atoms with Crippen LogP contribution in [0.4, 0.5) is 16.2 Å². The number of carbonyl (C=O) groups is 2. The largest absolute Gasteiger partial charge is 0.388 e. The van der Waals surface area contributed by atoms with Crippen molar-refractivity contribution in [2.45, 2.75) is 4.90 Å². The highest BCUT2D eigenvalue weighted by atomic mass is 32.2. The molecular weight excluding hydrogens is 240 g/mol. The molecule has 0 aliphatic carbocycles. The number of imide groups is 1. The first-order valence-corrected chi connectivity index (χ1v) is 5.94. The van der Waals surface area contributed by atoms with Gasteiger partial charge < -0.3 is 5.32 Å². The van der Waals surface area contributed by atoms with Gasteiger partial charge in [0, 0.05) is 17.6 Å². The van der Waals surface area contributed by atoms with Crippen molar-refractivity contribution in [3.8, 4) is 0 Å². The van der Waals surface area contributed by atoms with Gasteiger partial charge >= 0.3 is 6.03 Å². The van der Waals surface area contributed by atoms with E-state index in [1.807, 2.05) is 17.6 Å². The summed E-state index contributed by atoms with van der Waals surface area (Å²) in [6.45, 7) is 0. The first-order valence-electron chi connectivity index (χ1n) is 4.95. The molecule has 90 valence electrons. The van der Waals surface area contributed by atoms with Crippen LogP contribution in [0.5, 0.6) is 0 Å². The number of amides is 3. The Morgan fingerprint density at radius 1 is 1.53 bits per heavy atom. The van der Waals surface area contributed by atoms with Crippen molar-refractivity contribution in [3.63, 3.8) is 0 Å². The zero-order valence-corrected chi connectivity index (χ0v) is 10.0. The molecule has 1 aliphatic heterocycles. The zero-order chi connectivity index (χ0) is 12.4.